The fourth-order valence-corrected chi connectivity index (χ4v) is 4.21. The van der Waals surface area contributed by atoms with Gasteiger partial charge < -0.3 is 10.6 Å². The molecule has 2 amide bonds. The SMILES string of the molecule is NC(=O)C1Cc2ccccc2CN1C(=O)c1cn(-c2ccccc2)nc1-c1ccc(F)cc1. The zero-order valence-corrected chi connectivity index (χ0v) is 17.7. The van der Waals surface area contributed by atoms with Crippen LogP contribution < -0.4 is 5.73 Å². The van der Waals surface area contributed by atoms with Crippen LogP contribution in [0.15, 0.2) is 85.1 Å². The Morgan fingerprint density at radius 2 is 1.58 bits per heavy atom. The molecule has 0 radical (unpaired) electrons. The van der Waals surface area contributed by atoms with Gasteiger partial charge >= 0.3 is 0 Å². The minimum absolute atomic E-state index is 0.266. The van der Waals surface area contributed by atoms with Gasteiger partial charge in [0.1, 0.15) is 17.6 Å². The second-order valence-electron chi connectivity index (χ2n) is 8.00. The summed E-state index contributed by atoms with van der Waals surface area (Å²) in [6.45, 7) is 0.266. The van der Waals surface area contributed by atoms with Crippen molar-refractivity contribution < 1.29 is 14.0 Å². The minimum Gasteiger partial charge on any atom is -0.368 e. The topological polar surface area (TPSA) is 81.2 Å². The quantitative estimate of drug-likeness (QED) is 0.525. The number of halogens is 1. The van der Waals surface area contributed by atoms with Crippen molar-refractivity contribution in [3.8, 4) is 16.9 Å². The van der Waals surface area contributed by atoms with Crippen molar-refractivity contribution in [1.82, 2.24) is 14.7 Å². The molecule has 0 saturated carbocycles. The molecular formula is C26H21FN4O2. The van der Waals surface area contributed by atoms with E-state index in [9.17, 15) is 14.0 Å². The maximum absolute atomic E-state index is 13.8. The summed E-state index contributed by atoms with van der Waals surface area (Å²) < 4.78 is 15.2. The second kappa shape index (κ2) is 8.35. The molecule has 0 saturated heterocycles. The molecule has 5 rings (SSSR count). The number of hydrogen-bond donors (Lipinski definition) is 1. The molecule has 33 heavy (non-hydrogen) atoms. The number of amides is 2. The number of nitrogens with zero attached hydrogens (tertiary/aromatic N) is 3. The summed E-state index contributed by atoms with van der Waals surface area (Å²) in [7, 11) is 0. The molecule has 1 aliphatic rings. The van der Waals surface area contributed by atoms with E-state index in [1.807, 2.05) is 54.6 Å². The lowest BCUT2D eigenvalue weighted by Gasteiger charge is -2.35. The number of carbonyl (C=O) groups excluding carboxylic acids is 2. The molecule has 3 aromatic carbocycles. The highest BCUT2D eigenvalue weighted by Crippen LogP contribution is 2.29. The predicted molar refractivity (Wildman–Crippen MR) is 122 cm³/mol. The van der Waals surface area contributed by atoms with E-state index >= 15 is 0 Å². The minimum atomic E-state index is -0.770. The lowest BCUT2D eigenvalue weighted by Crippen LogP contribution is -2.51. The average Bonchev–Trinajstić information content (AvgIpc) is 3.29. The van der Waals surface area contributed by atoms with Crippen molar-refractivity contribution >= 4 is 11.8 Å². The Labute approximate surface area is 190 Å². The Morgan fingerprint density at radius 1 is 0.909 bits per heavy atom. The van der Waals surface area contributed by atoms with E-state index < -0.39 is 11.9 Å². The van der Waals surface area contributed by atoms with Crippen LogP contribution in [0, 0.1) is 5.82 Å². The predicted octanol–water partition coefficient (Wildman–Crippen LogP) is 3.73. The lowest BCUT2D eigenvalue weighted by molar-refractivity contribution is -0.122. The van der Waals surface area contributed by atoms with Gasteiger partial charge in [0.25, 0.3) is 5.91 Å². The van der Waals surface area contributed by atoms with Gasteiger partial charge in [0, 0.05) is 24.7 Å². The molecule has 0 fully saturated rings. The normalized spacial score (nSPS) is 15.2. The number of rotatable bonds is 4. The van der Waals surface area contributed by atoms with Crippen LogP contribution in [-0.4, -0.2) is 32.5 Å². The first kappa shape index (κ1) is 20.6. The third-order valence-electron chi connectivity index (χ3n) is 5.92. The van der Waals surface area contributed by atoms with Crippen LogP contribution in [0.3, 0.4) is 0 Å². The number of hydrogen-bond acceptors (Lipinski definition) is 3. The third kappa shape index (κ3) is 3.89. The van der Waals surface area contributed by atoms with Crippen LogP contribution >= 0.6 is 0 Å². The molecule has 7 heteroatoms. The first-order valence-corrected chi connectivity index (χ1v) is 10.6. The van der Waals surface area contributed by atoms with Crippen molar-refractivity contribution in [2.75, 3.05) is 0 Å². The Balaban J connectivity index is 1.61. The number of aromatic nitrogens is 2. The first-order chi connectivity index (χ1) is 16.0. The van der Waals surface area contributed by atoms with E-state index in [0.29, 0.717) is 23.2 Å². The van der Waals surface area contributed by atoms with E-state index in [0.717, 1.165) is 16.8 Å². The number of fused-ring (bicyclic) bond motifs is 1. The fourth-order valence-electron chi connectivity index (χ4n) is 4.21. The maximum Gasteiger partial charge on any atom is 0.258 e. The summed E-state index contributed by atoms with van der Waals surface area (Å²) in [6, 6.07) is 22.2. The molecule has 2 heterocycles. The summed E-state index contributed by atoms with van der Waals surface area (Å²) in [4.78, 5) is 27.6. The summed E-state index contributed by atoms with van der Waals surface area (Å²) in [5.74, 6) is -1.29. The Morgan fingerprint density at radius 3 is 2.27 bits per heavy atom. The van der Waals surface area contributed by atoms with Crippen LogP contribution in [0.25, 0.3) is 16.9 Å². The van der Waals surface area contributed by atoms with E-state index in [4.69, 9.17) is 5.73 Å². The fraction of sp³-hybridized carbons (Fsp3) is 0.115. The van der Waals surface area contributed by atoms with Gasteiger partial charge in [-0.25, -0.2) is 9.07 Å². The van der Waals surface area contributed by atoms with E-state index in [1.54, 1.807) is 23.0 Å². The van der Waals surface area contributed by atoms with Crippen molar-refractivity contribution in [2.45, 2.75) is 19.0 Å². The van der Waals surface area contributed by atoms with Crippen LogP contribution in [0.5, 0.6) is 0 Å². The number of primary amides is 1. The Hall–Kier alpha value is -4.26. The molecule has 164 valence electrons. The molecule has 2 N–H and O–H groups in total. The van der Waals surface area contributed by atoms with Crippen LogP contribution in [0.2, 0.25) is 0 Å². The van der Waals surface area contributed by atoms with Crippen LogP contribution in [0.4, 0.5) is 4.39 Å². The number of benzene rings is 3. The molecular weight excluding hydrogens is 419 g/mol. The second-order valence-corrected chi connectivity index (χ2v) is 8.00. The lowest BCUT2D eigenvalue weighted by atomic mass is 9.92. The summed E-state index contributed by atoms with van der Waals surface area (Å²) >= 11 is 0. The highest BCUT2D eigenvalue weighted by atomic mass is 19.1. The molecule has 6 nitrogen and oxygen atoms in total. The van der Waals surface area contributed by atoms with Gasteiger partial charge in [-0.15, -0.1) is 0 Å². The molecule has 0 spiro atoms. The van der Waals surface area contributed by atoms with Crippen molar-refractivity contribution in [3.63, 3.8) is 0 Å². The van der Waals surface area contributed by atoms with Gasteiger partial charge in [0.15, 0.2) is 0 Å². The summed E-state index contributed by atoms with van der Waals surface area (Å²) in [6.07, 6.45) is 2.00. The number of nitrogens with two attached hydrogens (primary N) is 1. The van der Waals surface area contributed by atoms with E-state index in [1.165, 1.54) is 17.0 Å². The van der Waals surface area contributed by atoms with Crippen LogP contribution in [-0.2, 0) is 17.8 Å². The molecule has 1 unspecified atom stereocenters. The first-order valence-electron chi connectivity index (χ1n) is 10.6. The highest BCUT2D eigenvalue weighted by molar-refractivity contribution is 6.02. The standard InChI is InChI=1S/C26H21FN4O2/c27-20-12-10-17(11-13-20)24-22(16-31(29-24)21-8-2-1-3-9-21)26(33)30-15-19-7-5-4-6-18(19)14-23(30)25(28)32/h1-13,16,23H,14-15H2,(H2,28,32). The van der Waals surface area contributed by atoms with E-state index in [-0.39, 0.29) is 18.3 Å². The van der Waals surface area contributed by atoms with Gasteiger partial charge in [-0.1, -0.05) is 42.5 Å². The number of carbonyl (C=O) groups is 2. The molecule has 1 atom stereocenters. The Bertz CT molecular complexity index is 1330. The van der Waals surface area contributed by atoms with Crippen LogP contribution in [0.1, 0.15) is 21.5 Å². The molecule has 4 aromatic rings. The molecule has 0 aliphatic carbocycles. The summed E-state index contributed by atoms with van der Waals surface area (Å²) in [5, 5.41) is 4.64. The maximum atomic E-state index is 13.8. The van der Waals surface area contributed by atoms with E-state index in [2.05, 4.69) is 5.10 Å². The number of para-hydroxylation sites is 1. The average molecular weight is 440 g/mol. The van der Waals surface area contributed by atoms with Crippen molar-refractivity contribution in [2.24, 2.45) is 5.73 Å². The zero-order valence-electron chi connectivity index (χ0n) is 17.7. The third-order valence-corrected chi connectivity index (χ3v) is 5.92. The Kier molecular flexibility index (Phi) is 5.22. The molecule has 1 aromatic heterocycles. The van der Waals surface area contributed by atoms with Gasteiger partial charge in [0.2, 0.25) is 5.91 Å². The largest absolute Gasteiger partial charge is 0.368 e. The zero-order chi connectivity index (χ0) is 22.9. The highest BCUT2D eigenvalue weighted by Gasteiger charge is 2.35. The van der Waals surface area contributed by atoms with Crippen molar-refractivity contribution in [1.29, 1.82) is 0 Å². The smallest absolute Gasteiger partial charge is 0.258 e. The molecule has 1 aliphatic heterocycles. The van der Waals surface area contributed by atoms with Gasteiger partial charge in [-0.05, 0) is 47.5 Å². The van der Waals surface area contributed by atoms with Gasteiger partial charge in [0.05, 0.1) is 11.3 Å². The van der Waals surface area contributed by atoms with Gasteiger partial charge in [-0.3, -0.25) is 9.59 Å². The monoisotopic (exact) mass is 440 g/mol. The summed E-state index contributed by atoms with van der Waals surface area (Å²) in [5.41, 5.74) is 9.77. The van der Waals surface area contributed by atoms with Gasteiger partial charge in [-0.2, -0.15) is 5.10 Å². The molecule has 0 bridgehead atoms. The van der Waals surface area contributed by atoms with Crippen molar-refractivity contribution in [3.05, 3.63) is 108 Å².